The summed E-state index contributed by atoms with van der Waals surface area (Å²) in [6.45, 7) is 3.79. The van der Waals surface area contributed by atoms with Crippen molar-refractivity contribution in [3.05, 3.63) is 12.2 Å². The lowest BCUT2D eigenvalue weighted by molar-refractivity contribution is -0.297. The van der Waals surface area contributed by atoms with Crippen LogP contribution in [0.15, 0.2) is 12.2 Å². The third-order valence-corrected chi connectivity index (χ3v) is 13.6. The number of ether oxygens (including phenoxy) is 4. The third-order valence-electron chi connectivity index (χ3n) is 12.8. The summed E-state index contributed by atoms with van der Waals surface area (Å²) in [4.78, 5) is 25.5. The molecule has 0 amide bonds. The number of aliphatic hydroxyl groups excluding tert-OH is 3. The van der Waals surface area contributed by atoms with Gasteiger partial charge in [0.1, 0.15) is 36.8 Å². The van der Waals surface area contributed by atoms with Crippen molar-refractivity contribution < 1.29 is 56.8 Å². The monoisotopic (exact) mass is 961 g/mol. The Kier molecular flexibility index (Phi) is 41.0. The molecule has 6 atom stereocenters. The molecule has 0 aliphatic carbocycles. The molecular weight excluding hydrogens is 861 g/mol. The van der Waals surface area contributed by atoms with Crippen molar-refractivity contribution in [3.8, 4) is 0 Å². The van der Waals surface area contributed by atoms with Crippen molar-refractivity contribution in [1.29, 1.82) is 0 Å². The van der Waals surface area contributed by atoms with E-state index in [1.165, 1.54) is 173 Å². The Hall–Kier alpha value is -1.61. The van der Waals surface area contributed by atoms with E-state index in [1.54, 1.807) is 0 Å². The molecule has 0 aromatic rings. The lowest BCUT2D eigenvalue weighted by Crippen LogP contribution is -2.60. The third kappa shape index (κ3) is 37.3. The van der Waals surface area contributed by atoms with E-state index in [0.29, 0.717) is 12.8 Å². The van der Waals surface area contributed by atoms with Crippen LogP contribution in [-0.2, 0) is 38.7 Å². The van der Waals surface area contributed by atoms with Crippen LogP contribution in [0.1, 0.15) is 258 Å². The first-order valence-corrected chi connectivity index (χ1v) is 28.9. The molecule has 1 heterocycles. The SMILES string of the molecule is CCCCCC/C=C/CCCCCCCCCC(=O)OC[C@H](CO[C@H]1O[C@H](CS(=O)(=O)O)[C@@H](O)C(O)C1O)OC(=O)CCCCCCCCCCCCCCCCCCCCCCCCC. The van der Waals surface area contributed by atoms with E-state index in [2.05, 4.69) is 26.0 Å². The molecule has 0 bridgehead atoms. The molecule has 2 unspecified atom stereocenters. The van der Waals surface area contributed by atoms with Crippen LogP contribution in [0.5, 0.6) is 0 Å². The summed E-state index contributed by atoms with van der Waals surface area (Å²) in [5, 5.41) is 31.0. The minimum absolute atomic E-state index is 0.170. The van der Waals surface area contributed by atoms with E-state index in [9.17, 15) is 37.9 Å². The fourth-order valence-electron chi connectivity index (χ4n) is 8.62. The van der Waals surface area contributed by atoms with Gasteiger partial charge in [0.15, 0.2) is 12.4 Å². The highest BCUT2D eigenvalue weighted by Crippen LogP contribution is 2.24. The summed E-state index contributed by atoms with van der Waals surface area (Å²) >= 11 is 0. The number of unbranched alkanes of at least 4 members (excludes halogenated alkanes) is 33. The van der Waals surface area contributed by atoms with Gasteiger partial charge >= 0.3 is 11.9 Å². The predicted octanol–water partition coefficient (Wildman–Crippen LogP) is 12.6. The Morgan fingerprint density at radius 1 is 0.500 bits per heavy atom. The Balaban J connectivity index is 2.31. The van der Waals surface area contributed by atoms with Crippen molar-refractivity contribution in [2.45, 2.75) is 295 Å². The number of rotatable bonds is 47. The number of aliphatic hydroxyl groups is 3. The second kappa shape index (κ2) is 43.4. The lowest BCUT2D eigenvalue weighted by atomic mass is 10.00. The van der Waals surface area contributed by atoms with Gasteiger partial charge in [0.2, 0.25) is 0 Å². The van der Waals surface area contributed by atoms with Gasteiger partial charge in [-0.2, -0.15) is 8.42 Å². The van der Waals surface area contributed by atoms with Gasteiger partial charge in [-0.05, 0) is 38.5 Å². The van der Waals surface area contributed by atoms with Gasteiger partial charge in [0, 0.05) is 12.8 Å². The largest absolute Gasteiger partial charge is 0.462 e. The van der Waals surface area contributed by atoms with E-state index < -0.39 is 71.2 Å². The average Bonchev–Trinajstić information content (AvgIpc) is 3.28. The van der Waals surface area contributed by atoms with Crippen LogP contribution in [0, 0.1) is 0 Å². The summed E-state index contributed by atoms with van der Waals surface area (Å²) in [5.74, 6) is -1.97. The zero-order valence-electron chi connectivity index (χ0n) is 42.1. The molecule has 12 nitrogen and oxygen atoms in total. The van der Waals surface area contributed by atoms with Gasteiger partial charge < -0.3 is 34.3 Å². The molecule has 0 saturated carbocycles. The molecule has 0 radical (unpaired) electrons. The molecule has 1 aliphatic rings. The Morgan fingerprint density at radius 2 is 0.864 bits per heavy atom. The molecule has 0 spiro atoms. The molecule has 1 rings (SSSR count). The van der Waals surface area contributed by atoms with Crippen molar-refractivity contribution in [2.24, 2.45) is 0 Å². The number of hydrogen-bond donors (Lipinski definition) is 4. The first kappa shape index (κ1) is 62.4. The van der Waals surface area contributed by atoms with Crippen molar-refractivity contribution in [1.82, 2.24) is 0 Å². The van der Waals surface area contributed by atoms with E-state index in [0.717, 1.165) is 44.9 Å². The summed E-state index contributed by atoms with van der Waals surface area (Å²) in [6.07, 6.45) is 39.7. The highest BCUT2D eigenvalue weighted by molar-refractivity contribution is 7.85. The normalized spacial score (nSPS) is 19.4. The Labute approximate surface area is 403 Å². The lowest BCUT2D eigenvalue weighted by Gasteiger charge is -2.40. The topological polar surface area (TPSA) is 186 Å². The number of carbonyl (C=O) groups excluding carboxylic acids is 2. The van der Waals surface area contributed by atoms with E-state index in [1.807, 2.05) is 0 Å². The minimum Gasteiger partial charge on any atom is -0.462 e. The summed E-state index contributed by atoms with van der Waals surface area (Å²) < 4.78 is 54.3. The van der Waals surface area contributed by atoms with Gasteiger partial charge in [-0.3, -0.25) is 14.1 Å². The van der Waals surface area contributed by atoms with Crippen LogP contribution < -0.4 is 0 Å². The van der Waals surface area contributed by atoms with Crippen molar-refractivity contribution in [2.75, 3.05) is 19.0 Å². The number of allylic oxidation sites excluding steroid dienone is 2. The maximum atomic E-state index is 12.9. The molecule has 1 aliphatic heterocycles. The van der Waals surface area contributed by atoms with Gasteiger partial charge in [-0.15, -0.1) is 0 Å². The first-order chi connectivity index (χ1) is 32.0. The summed E-state index contributed by atoms with van der Waals surface area (Å²) in [7, 11) is -4.60. The van der Waals surface area contributed by atoms with Crippen LogP contribution in [0.25, 0.3) is 0 Å². The zero-order chi connectivity index (χ0) is 48.4. The molecule has 390 valence electrons. The Bertz CT molecular complexity index is 1260. The highest BCUT2D eigenvalue weighted by Gasteiger charge is 2.46. The van der Waals surface area contributed by atoms with E-state index >= 15 is 0 Å². The standard InChI is InChI=1S/C53H100O12S/c1-3-5-7-9-11-13-15-17-19-20-21-22-23-24-25-26-28-30-32-34-36-38-40-42-49(55)64-46(44-63-53-52(58)51(57)50(56)47(65-53)45-66(59,60)61)43-62-48(54)41-39-37-35-33-31-29-27-18-16-14-12-10-8-6-4-2/h14,16,46-47,50-53,56-58H,3-13,15,17-45H2,1-2H3,(H,59,60,61)/b16-14+/t46-,47-,50-,51?,52?,53+/m1/s1. The summed E-state index contributed by atoms with van der Waals surface area (Å²) in [5.41, 5.74) is 0. The predicted molar refractivity (Wildman–Crippen MR) is 266 cm³/mol. The second-order valence-corrected chi connectivity index (χ2v) is 20.8. The van der Waals surface area contributed by atoms with Crippen LogP contribution >= 0.6 is 0 Å². The molecule has 66 heavy (non-hydrogen) atoms. The number of esters is 2. The van der Waals surface area contributed by atoms with Gasteiger partial charge in [0.25, 0.3) is 10.1 Å². The highest BCUT2D eigenvalue weighted by atomic mass is 32.2. The molecule has 0 aromatic carbocycles. The number of hydrogen-bond acceptors (Lipinski definition) is 11. The summed E-state index contributed by atoms with van der Waals surface area (Å²) in [6, 6.07) is 0. The second-order valence-electron chi connectivity index (χ2n) is 19.3. The van der Waals surface area contributed by atoms with Gasteiger partial charge in [-0.1, -0.05) is 219 Å². The van der Waals surface area contributed by atoms with Crippen LogP contribution in [0.2, 0.25) is 0 Å². The zero-order valence-corrected chi connectivity index (χ0v) is 42.9. The average molecular weight is 961 g/mol. The maximum absolute atomic E-state index is 12.9. The van der Waals surface area contributed by atoms with E-state index in [4.69, 9.17) is 18.9 Å². The van der Waals surface area contributed by atoms with E-state index in [-0.39, 0.29) is 19.4 Å². The maximum Gasteiger partial charge on any atom is 0.306 e. The number of carbonyl (C=O) groups is 2. The fraction of sp³-hybridized carbons (Fsp3) is 0.925. The van der Waals surface area contributed by atoms with Crippen LogP contribution in [-0.4, -0.2) is 96.0 Å². The van der Waals surface area contributed by atoms with Gasteiger partial charge in [0.05, 0.1) is 6.61 Å². The molecule has 1 fully saturated rings. The molecule has 1 saturated heterocycles. The van der Waals surface area contributed by atoms with Crippen LogP contribution in [0.3, 0.4) is 0 Å². The first-order valence-electron chi connectivity index (χ1n) is 27.2. The Morgan fingerprint density at radius 3 is 1.27 bits per heavy atom. The smallest absolute Gasteiger partial charge is 0.306 e. The van der Waals surface area contributed by atoms with Gasteiger partial charge in [-0.25, -0.2) is 0 Å². The van der Waals surface area contributed by atoms with Crippen molar-refractivity contribution in [3.63, 3.8) is 0 Å². The molecule has 13 heteroatoms. The van der Waals surface area contributed by atoms with Crippen LogP contribution in [0.4, 0.5) is 0 Å². The minimum atomic E-state index is -4.60. The fourth-order valence-corrected chi connectivity index (χ4v) is 9.31. The molecule has 4 N–H and O–H groups in total. The quantitative estimate of drug-likeness (QED) is 0.0196. The van der Waals surface area contributed by atoms with Crippen molar-refractivity contribution >= 4 is 22.1 Å². The molecule has 0 aromatic heterocycles. The molecular formula is C53H100O12S.